The lowest BCUT2D eigenvalue weighted by Crippen LogP contribution is -2.52. The minimum absolute atomic E-state index is 0.151. The molecule has 29 heavy (non-hydrogen) atoms. The molecule has 1 atom stereocenters. The lowest BCUT2D eigenvalue weighted by atomic mass is 10.0. The van der Waals surface area contributed by atoms with Crippen molar-refractivity contribution in [2.45, 2.75) is 44.3 Å². The van der Waals surface area contributed by atoms with E-state index in [1.165, 1.54) is 0 Å². The summed E-state index contributed by atoms with van der Waals surface area (Å²) in [5, 5.41) is 10.2. The lowest BCUT2D eigenvalue weighted by molar-refractivity contribution is -0.136. The summed E-state index contributed by atoms with van der Waals surface area (Å²) in [6, 6.07) is 5.68. The summed E-state index contributed by atoms with van der Waals surface area (Å²) in [6.07, 6.45) is 6.66. The molecule has 3 aliphatic rings. The Morgan fingerprint density at radius 1 is 1.03 bits per heavy atom. The van der Waals surface area contributed by atoms with Crippen molar-refractivity contribution in [2.75, 3.05) is 13.1 Å². The Bertz CT molecular complexity index is 992. The van der Waals surface area contributed by atoms with Crippen LogP contribution in [0, 0.1) is 0 Å². The molecule has 0 bridgehead atoms. The van der Waals surface area contributed by atoms with E-state index in [0.717, 1.165) is 42.6 Å². The third-order valence-corrected chi connectivity index (χ3v) is 6.15. The predicted molar refractivity (Wildman–Crippen MR) is 105 cm³/mol. The monoisotopic (exact) mass is 393 g/mol. The molecule has 1 aromatic carbocycles. The lowest BCUT2D eigenvalue weighted by Gasteiger charge is -2.29. The summed E-state index contributed by atoms with van der Waals surface area (Å²) in [6.45, 7) is 2.40. The molecule has 1 unspecified atom stereocenters. The van der Waals surface area contributed by atoms with Crippen LogP contribution in [0.1, 0.15) is 47.6 Å². The van der Waals surface area contributed by atoms with Gasteiger partial charge in [0.15, 0.2) is 0 Å². The van der Waals surface area contributed by atoms with Crippen molar-refractivity contribution in [3.63, 3.8) is 0 Å². The van der Waals surface area contributed by atoms with Gasteiger partial charge in [0.05, 0.1) is 12.2 Å². The molecule has 8 heteroatoms. The van der Waals surface area contributed by atoms with Gasteiger partial charge in [0.25, 0.3) is 5.91 Å². The molecule has 1 aromatic heterocycles. The van der Waals surface area contributed by atoms with Crippen LogP contribution in [0.4, 0.5) is 0 Å². The highest BCUT2D eigenvalue weighted by molar-refractivity contribution is 6.05. The summed E-state index contributed by atoms with van der Waals surface area (Å²) in [4.78, 5) is 38.2. The van der Waals surface area contributed by atoms with Crippen LogP contribution in [0.2, 0.25) is 0 Å². The fraction of sp³-hybridized carbons (Fsp3) is 0.429. The number of piperidine rings is 2. The van der Waals surface area contributed by atoms with Crippen molar-refractivity contribution in [3.05, 3.63) is 41.7 Å². The Labute approximate surface area is 168 Å². The van der Waals surface area contributed by atoms with E-state index in [0.29, 0.717) is 24.6 Å². The number of carbonyl (C=O) groups is 3. The highest BCUT2D eigenvalue weighted by Gasteiger charge is 2.39. The second kappa shape index (κ2) is 7.11. The smallest absolute Gasteiger partial charge is 0.255 e. The molecule has 8 nitrogen and oxygen atoms in total. The van der Waals surface area contributed by atoms with Crippen molar-refractivity contribution in [3.8, 4) is 11.1 Å². The molecule has 150 valence electrons. The van der Waals surface area contributed by atoms with Gasteiger partial charge in [0, 0.05) is 30.3 Å². The van der Waals surface area contributed by atoms with Crippen LogP contribution in [-0.2, 0) is 16.1 Å². The molecule has 2 aromatic rings. The zero-order valence-corrected chi connectivity index (χ0v) is 16.1. The maximum atomic E-state index is 13.0. The molecule has 5 rings (SSSR count). The third kappa shape index (κ3) is 3.23. The molecule has 3 amide bonds. The molecule has 4 heterocycles. The first-order chi connectivity index (χ1) is 14.1. The average molecular weight is 393 g/mol. The number of carbonyl (C=O) groups excluding carboxylic acids is 3. The Hall–Kier alpha value is -3.00. The predicted octanol–water partition coefficient (Wildman–Crippen LogP) is 1.24. The maximum absolute atomic E-state index is 13.0. The molecule has 2 fully saturated rings. The van der Waals surface area contributed by atoms with Gasteiger partial charge in [0.1, 0.15) is 6.04 Å². The van der Waals surface area contributed by atoms with Crippen LogP contribution in [0.3, 0.4) is 0 Å². The van der Waals surface area contributed by atoms with Gasteiger partial charge in [-0.25, -0.2) is 0 Å². The number of fused-ring (bicyclic) bond motifs is 1. The number of rotatable bonds is 3. The first-order valence-electron chi connectivity index (χ1n) is 10.1. The molecule has 2 saturated heterocycles. The average Bonchev–Trinajstić information content (AvgIpc) is 3.34. The summed E-state index contributed by atoms with van der Waals surface area (Å²) in [5.74, 6) is -0.809. The number of amides is 3. The number of nitrogens with zero attached hydrogens (tertiary/aromatic N) is 3. The molecule has 0 radical (unpaired) electrons. The van der Waals surface area contributed by atoms with Gasteiger partial charge in [-0.05, 0) is 49.5 Å². The van der Waals surface area contributed by atoms with E-state index in [1.54, 1.807) is 4.90 Å². The highest BCUT2D eigenvalue weighted by atomic mass is 16.2. The van der Waals surface area contributed by atoms with E-state index in [9.17, 15) is 14.4 Å². The molecule has 2 N–H and O–H groups in total. The van der Waals surface area contributed by atoms with Crippen LogP contribution in [0.15, 0.2) is 30.6 Å². The molecule has 0 saturated carbocycles. The van der Waals surface area contributed by atoms with E-state index < -0.39 is 6.04 Å². The number of benzene rings is 1. The number of imide groups is 1. The highest BCUT2D eigenvalue weighted by Crippen LogP contribution is 2.31. The van der Waals surface area contributed by atoms with E-state index in [1.807, 2.05) is 29.1 Å². The molecule has 0 aliphatic carbocycles. The van der Waals surface area contributed by atoms with Crippen LogP contribution >= 0.6 is 0 Å². The van der Waals surface area contributed by atoms with Crippen LogP contribution < -0.4 is 10.6 Å². The standard InChI is InChI=1S/C21H23N5O3/c27-19-4-3-18(20(28)24-19)25-11-14-2-1-13(9-17(14)21(25)29)15-10-23-26(12-15)16-5-7-22-8-6-16/h1-2,9-10,12,16,18,22H,3-8,11H2,(H,24,27,28). The Morgan fingerprint density at radius 2 is 1.86 bits per heavy atom. The number of hydrogen-bond acceptors (Lipinski definition) is 5. The zero-order chi connectivity index (χ0) is 20.0. The quantitative estimate of drug-likeness (QED) is 0.765. The first kappa shape index (κ1) is 18.1. The molecular weight excluding hydrogens is 370 g/mol. The minimum atomic E-state index is -0.585. The van der Waals surface area contributed by atoms with Crippen molar-refractivity contribution in [1.82, 2.24) is 25.3 Å². The second-order valence-corrected chi connectivity index (χ2v) is 7.96. The van der Waals surface area contributed by atoms with Crippen molar-refractivity contribution in [2.24, 2.45) is 0 Å². The second-order valence-electron chi connectivity index (χ2n) is 7.96. The topological polar surface area (TPSA) is 96.3 Å². The van der Waals surface area contributed by atoms with Gasteiger partial charge in [-0.3, -0.25) is 24.4 Å². The Kier molecular flexibility index (Phi) is 4.43. The summed E-state index contributed by atoms with van der Waals surface area (Å²) in [5.41, 5.74) is 3.47. The summed E-state index contributed by atoms with van der Waals surface area (Å²) in [7, 11) is 0. The molecular formula is C21H23N5O3. The SMILES string of the molecule is O=C1CCC(N2Cc3ccc(-c4cnn(C5CCNCC5)c4)cc3C2=O)C(=O)N1. The maximum Gasteiger partial charge on any atom is 0.255 e. The van der Waals surface area contributed by atoms with Gasteiger partial charge in [-0.15, -0.1) is 0 Å². The van der Waals surface area contributed by atoms with Crippen LogP contribution in [-0.4, -0.2) is 51.5 Å². The number of hydrogen-bond donors (Lipinski definition) is 2. The van der Waals surface area contributed by atoms with Gasteiger partial charge >= 0.3 is 0 Å². The first-order valence-corrected chi connectivity index (χ1v) is 10.1. The fourth-order valence-electron chi connectivity index (χ4n) is 4.49. The van der Waals surface area contributed by atoms with Crippen molar-refractivity contribution >= 4 is 17.7 Å². The molecule has 0 spiro atoms. The van der Waals surface area contributed by atoms with E-state index >= 15 is 0 Å². The summed E-state index contributed by atoms with van der Waals surface area (Å²) < 4.78 is 2.03. The van der Waals surface area contributed by atoms with E-state index in [2.05, 4.69) is 21.9 Å². The van der Waals surface area contributed by atoms with Gasteiger partial charge in [-0.2, -0.15) is 5.10 Å². The van der Waals surface area contributed by atoms with Crippen LogP contribution in [0.5, 0.6) is 0 Å². The Morgan fingerprint density at radius 3 is 2.66 bits per heavy atom. The Balaban J connectivity index is 1.37. The minimum Gasteiger partial charge on any atom is -0.322 e. The van der Waals surface area contributed by atoms with E-state index in [-0.39, 0.29) is 24.1 Å². The van der Waals surface area contributed by atoms with Crippen molar-refractivity contribution < 1.29 is 14.4 Å². The van der Waals surface area contributed by atoms with Gasteiger partial charge in [0.2, 0.25) is 11.8 Å². The van der Waals surface area contributed by atoms with Gasteiger partial charge in [-0.1, -0.05) is 12.1 Å². The normalized spacial score (nSPS) is 22.7. The third-order valence-electron chi connectivity index (χ3n) is 6.15. The van der Waals surface area contributed by atoms with Crippen molar-refractivity contribution in [1.29, 1.82) is 0 Å². The largest absolute Gasteiger partial charge is 0.322 e. The number of aromatic nitrogens is 2. The fourth-order valence-corrected chi connectivity index (χ4v) is 4.49. The van der Waals surface area contributed by atoms with Crippen LogP contribution in [0.25, 0.3) is 11.1 Å². The molecule has 3 aliphatic heterocycles. The van der Waals surface area contributed by atoms with Gasteiger partial charge < -0.3 is 10.2 Å². The zero-order valence-electron chi connectivity index (χ0n) is 16.1. The van der Waals surface area contributed by atoms with E-state index in [4.69, 9.17) is 0 Å². The summed E-state index contributed by atoms with van der Waals surface area (Å²) >= 11 is 0. The number of nitrogens with one attached hydrogen (secondary N) is 2.